The largest absolute Gasteiger partial charge is 0.297 e. The quantitative estimate of drug-likeness (QED) is 0.485. The Morgan fingerprint density at radius 2 is 2.20 bits per heavy atom. The summed E-state index contributed by atoms with van der Waals surface area (Å²) < 4.78 is 0. The SMILES string of the molecule is CN=C1CC(C)C2CC2C1. The van der Waals surface area contributed by atoms with Crippen LogP contribution in [-0.4, -0.2) is 12.8 Å². The van der Waals surface area contributed by atoms with E-state index in [4.69, 9.17) is 0 Å². The molecule has 2 aliphatic carbocycles. The van der Waals surface area contributed by atoms with E-state index in [1.807, 2.05) is 7.05 Å². The average molecular weight is 137 g/mol. The first-order chi connectivity index (χ1) is 4.81. The molecule has 0 saturated heterocycles. The number of hydrogen-bond donors (Lipinski definition) is 0. The van der Waals surface area contributed by atoms with E-state index in [1.165, 1.54) is 25.0 Å². The van der Waals surface area contributed by atoms with Gasteiger partial charge in [0.25, 0.3) is 0 Å². The number of aliphatic imine (C=N–C) groups is 1. The van der Waals surface area contributed by atoms with Crippen molar-refractivity contribution >= 4 is 5.71 Å². The molecule has 2 aliphatic rings. The lowest BCUT2D eigenvalue weighted by Gasteiger charge is -2.18. The van der Waals surface area contributed by atoms with Crippen molar-refractivity contribution in [3.05, 3.63) is 0 Å². The van der Waals surface area contributed by atoms with Crippen molar-refractivity contribution in [2.75, 3.05) is 7.05 Å². The summed E-state index contributed by atoms with van der Waals surface area (Å²) in [6, 6.07) is 0. The molecule has 3 unspecified atom stereocenters. The Hall–Kier alpha value is -0.330. The molecular formula is C9H15N. The number of nitrogens with zero attached hydrogens (tertiary/aromatic N) is 1. The van der Waals surface area contributed by atoms with E-state index in [1.54, 1.807) is 0 Å². The second-order valence-corrected chi connectivity index (χ2v) is 3.84. The van der Waals surface area contributed by atoms with Crippen LogP contribution in [0.2, 0.25) is 0 Å². The van der Waals surface area contributed by atoms with Crippen LogP contribution in [0.1, 0.15) is 26.2 Å². The van der Waals surface area contributed by atoms with Crippen LogP contribution in [0.15, 0.2) is 4.99 Å². The minimum Gasteiger partial charge on any atom is -0.297 e. The zero-order valence-corrected chi connectivity index (χ0v) is 6.80. The third-order valence-electron chi connectivity index (χ3n) is 3.08. The van der Waals surface area contributed by atoms with Crippen LogP contribution in [0.25, 0.3) is 0 Å². The van der Waals surface area contributed by atoms with Crippen LogP contribution in [0.5, 0.6) is 0 Å². The van der Waals surface area contributed by atoms with Gasteiger partial charge in [0, 0.05) is 12.8 Å². The van der Waals surface area contributed by atoms with Crippen LogP contribution < -0.4 is 0 Å². The Morgan fingerprint density at radius 3 is 2.80 bits per heavy atom. The van der Waals surface area contributed by atoms with Crippen LogP contribution in [0, 0.1) is 17.8 Å². The molecule has 0 aliphatic heterocycles. The Bertz CT molecular complexity index is 172. The normalized spacial score (nSPS) is 49.0. The summed E-state index contributed by atoms with van der Waals surface area (Å²) in [5.74, 6) is 3.03. The summed E-state index contributed by atoms with van der Waals surface area (Å²) in [5.41, 5.74) is 1.46. The molecule has 10 heavy (non-hydrogen) atoms. The van der Waals surface area contributed by atoms with E-state index in [-0.39, 0.29) is 0 Å². The third-order valence-corrected chi connectivity index (χ3v) is 3.08. The minimum atomic E-state index is 0.928. The summed E-state index contributed by atoms with van der Waals surface area (Å²) in [5, 5.41) is 0. The smallest absolute Gasteiger partial charge is 0.0276 e. The first-order valence-corrected chi connectivity index (χ1v) is 4.25. The van der Waals surface area contributed by atoms with Gasteiger partial charge in [-0.25, -0.2) is 0 Å². The van der Waals surface area contributed by atoms with E-state index in [9.17, 15) is 0 Å². The molecule has 0 amide bonds. The molecule has 0 aromatic heterocycles. The third kappa shape index (κ3) is 0.882. The lowest BCUT2D eigenvalue weighted by Crippen LogP contribution is -2.15. The van der Waals surface area contributed by atoms with E-state index in [2.05, 4.69) is 11.9 Å². The summed E-state index contributed by atoms with van der Waals surface area (Å²) in [6.07, 6.45) is 4.07. The fourth-order valence-electron chi connectivity index (χ4n) is 2.29. The molecule has 0 bridgehead atoms. The average Bonchev–Trinajstić information content (AvgIpc) is 2.66. The van der Waals surface area contributed by atoms with Gasteiger partial charge in [0.2, 0.25) is 0 Å². The van der Waals surface area contributed by atoms with Gasteiger partial charge in [-0.2, -0.15) is 0 Å². The van der Waals surface area contributed by atoms with Gasteiger partial charge in [0.15, 0.2) is 0 Å². The predicted molar refractivity (Wildman–Crippen MR) is 43.4 cm³/mol. The summed E-state index contributed by atoms with van der Waals surface area (Å²) >= 11 is 0. The molecule has 56 valence electrons. The van der Waals surface area contributed by atoms with Crippen molar-refractivity contribution in [3.8, 4) is 0 Å². The lowest BCUT2D eigenvalue weighted by atomic mass is 9.89. The maximum absolute atomic E-state index is 4.29. The van der Waals surface area contributed by atoms with Crippen molar-refractivity contribution in [1.29, 1.82) is 0 Å². The highest BCUT2D eigenvalue weighted by atomic mass is 14.7. The maximum Gasteiger partial charge on any atom is 0.0276 e. The molecule has 0 N–H and O–H groups in total. The second kappa shape index (κ2) is 2.08. The molecular weight excluding hydrogens is 122 g/mol. The zero-order chi connectivity index (χ0) is 7.14. The summed E-state index contributed by atoms with van der Waals surface area (Å²) in [6.45, 7) is 2.37. The highest BCUT2D eigenvalue weighted by Gasteiger charge is 2.44. The number of rotatable bonds is 0. The van der Waals surface area contributed by atoms with Gasteiger partial charge in [0.1, 0.15) is 0 Å². The first-order valence-electron chi connectivity index (χ1n) is 4.25. The van der Waals surface area contributed by atoms with Crippen molar-refractivity contribution in [2.45, 2.75) is 26.2 Å². The first kappa shape index (κ1) is 6.38. The van der Waals surface area contributed by atoms with Crippen LogP contribution in [0.3, 0.4) is 0 Å². The number of fused-ring (bicyclic) bond motifs is 1. The standard InChI is InChI=1S/C9H15N/c1-6-3-8(10-2)4-7-5-9(6)7/h6-7,9H,3-5H2,1-2H3. The molecule has 0 spiro atoms. The Labute approximate surface area is 62.5 Å². The number of hydrogen-bond acceptors (Lipinski definition) is 1. The topological polar surface area (TPSA) is 12.4 Å². The lowest BCUT2D eigenvalue weighted by molar-refractivity contribution is 0.465. The molecule has 1 nitrogen and oxygen atoms in total. The van der Waals surface area contributed by atoms with Crippen LogP contribution in [-0.2, 0) is 0 Å². The highest BCUT2D eigenvalue weighted by molar-refractivity contribution is 5.86. The summed E-state index contributed by atoms with van der Waals surface area (Å²) in [4.78, 5) is 4.29. The van der Waals surface area contributed by atoms with Gasteiger partial charge in [0.05, 0.1) is 0 Å². The van der Waals surface area contributed by atoms with E-state index >= 15 is 0 Å². The fourth-order valence-corrected chi connectivity index (χ4v) is 2.29. The molecule has 2 fully saturated rings. The molecule has 1 heteroatoms. The van der Waals surface area contributed by atoms with Gasteiger partial charge in [-0.3, -0.25) is 4.99 Å². The zero-order valence-electron chi connectivity index (χ0n) is 6.80. The van der Waals surface area contributed by atoms with Crippen LogP contribution in [0.4, 0.5) is 0 Å². The van der Waals surface area contributed by atoms with E-state index < -0.39 is 0 Å². The Morgan fingerprint density at radius 1 is 1.40 bits per heavy atom. The van der Waals surface area contributed by atoms with Gasteiger partial charge < -0.3 is 0 Å². The van der Waals surface area contributed by atoms with Crippen molar-refractivity contribution in [2.24, 2.45) is 22.7 Å². The Balaban J connectivity index is 2.06. The maximum atomic E-state index is 4.29. The molecule has 0 aromatic rings. The molecule has 3 atom stereocenters. The summed E-state index contributed by atoms with van der Waals surface area (Å²) in [7, 11) is 1.94. The predicted octanol–water partition coefficient (Wildman–Crippen LogP) is 2.12. The van der Waals surface area contributed by atoms with Gasteiger partial charge in [-0.15, -0.1) is 0 Å². The highest BCUT2D eigenvalue weighted by Crippen LogP contribution is 2.51. The second-order valence-electron chi connectivity index (χ2n) is 3.84. The minimum absolute atomic E-state index is 0.928. The monoisotopic (exact) mass is 137 g/mol. The molecule has 0 radical (unpaired) electrons. The van der Waals surface area contributed by atoms with Gasteiger partial charge in [-0.05, 0) is 37.0 Å². The van der Waals surface area contributed by atoms with Crippen LogP contribution >= 0.6 is 0 Å². The molecule has 2 rings (SSSR count). The van der Waals surface area contributed by atoms with E-state index in [0.29, 0.717) is 0 Å². The fraction of sp³-hybridized carbons (Fsp3) is 0.889. The molecule has 0 heterocycles. The van der Waals surface area contributed by atoms with E-state index in [0.717, 1.165) is 17.8 Å². The molecule has 2 saturated carbocycles. The molecule has 0 aromatic carbocycles. The van der Waals surface area contributed by atoms with Gasteiger partial charge >= 0.3 is 0 Å². The van der Waals surface area contributed by atoms with Gasteiger partial charge in [-0.1, -0.05) is 6.92 Å². The Kier molecular flexibility index (Phi) is 1.33. The van der Waals surface area contributed by atoms with Crippen molar-refractivity contribution < 1.29 is 0 Å². The van der Waals surface area contributed by atoms with Crippen molar-refractivity contribution in [1.82, 2.24) is 0 Å². The van der Waals surface area contributed by atoms with Crippen molar-refractivity contribution in [3.63, 3.8) is 0 Å².